The first kappa shape index (κ1) is 17.9. The number of methoxy groups -OCH3 is 1. The fourth-order valence-corrected chi connectivity index (χ4v) is 2.86. The predicted octanol–water partition coefficient (Wildman–Crippen LogP) is 2.96. The molecule has 0 aliphatic heterocycles. The number of hydrogen-bond donors (Lipinski definition) is 1. The van der Waals surface area contributed by atoms with Gasteiger partial charge in [0.25, 0.3) is 0 Å². The Balaban J connectivity index is 2.52. The second-order valence-corrected chi connectivity index (χ2v) is 7.04. The summed E-state index contributed by atoms with van der Waals surface area (Å²) in [6, 6.07) is 7.54. The maximum atomic E-state index is 11.8. The molecule has 0 fully saturated rings. The molecule has 1 amide bonds. The van der Waals surface area contributed by atoms with Gasteiger partial charge in [0.1, 0.15) is 0 Å². The van der Waals surface area contributed by atoms with Crippen LogP contribution in [0.2, 0.25) is 0 Å². The van der Waals surface area contributed by atoms with Crippen molar-refractivity contribution in [2.45, 2.75) is 32.4 Å². The second kappa shape index (κ2) is 9.68. The lowest BCUT2D eigenvalue weighted by atomic mass is 10.1. The van der Waals surface area contributed by atoms with E-state index in [2.05, 4.69) is 19.2 Å². The van der Waals surface area contributed by atoms with Crippen molar-refractivity contribution in [3.63, 3.8) is 0 Å². The van der Waals surface area contributed by atoms with Crippen LogP contribution in [0.5, 0.6) is 0 Å². The number of amides is 1. The molecule has 0 aliphatic carbocycles. The van der Waals surface area contributed by atoms with Crippen LogP contribution in [-0.4, -0.2) is 29.6 Å². The Bertz CT molecular complexity index is 474. The number of carbonyl (C=O) groups excluding carboxylic acids is 1. The molecule has 0 radical (unpaired) electrons. The first-order valence-electron chi connectivity index (χ1n) is 7.24. The molecule has 1 N–H and O–H groups in total. The number of hydrogen-bond acceptors (Lipinski definition) is 3. The molecule has 0 bridgehead atoms. The van der Waals surface area contributed by atoms with Gasteiger partial charge in [-0.15, -0.1) is 0 Å². The van der Waals surface area contributed by atoms with Crippen molar-refractivity contribution in [3.05, 3.63) is 29.8 Å². The van der Waals surface area contributed by atoms with Crippen molar-refractivity contribution in [2.75, 3.05) is 24.8 Å². The van der Waals surface area contributed by atoms with Crippen LogP contribution < -0.4 is 5.32 Å². The molecule has 0 saturated heterocycles. The largest absolute Gasteiger partial charge is 0.384 e. The van der Waals surface area contributed by atoms with Crippen LogP contribution >= 0.6 is 0 Å². The third kappa shape index (κ3) is 7.97. The lowest BCUT2D eigenvalue weighted by Gasteiger charge is -2.08. The number of ether oxygens (including phenoxy) is 1. The summed E-state index contributed by atoms with van der Waals surface area (Å²) >= 11 is 0. The minimum atomic E-state index is -0.939. The molecule has 0 heterocycles. The maximum absolute atomic E-state index is 11.8. The van der Waals surface area contributed by atoms with Crippen LogP contribution in [0.25, 0.3) is 0 Å². The monoisotopic (exact) mass is 311 g/mol. The summed E-state index contributed by atoms with van der Waals surface area (Å²) in [6.07, 6.45) is 1.41. The molecule has 1 aromatic rings. The third-order valence-electron chi connectivity index (χ3n) is 3.00. The van der Waals surface area contributed by atoms with Crippen molar-refractivity contribution < 1.29 is 13.7 Å². The van der Waals surface area contributed by atoms with Gasteiger partial charge in [-0.05, 0) is 30.0 Å². The zero-order valence-corrected chi connectivity index (χ0v) is 13.9. The highest BCUT2D eigenvalue weighted by Crippen LogP contribution is 2.14. The zero-order valence-electron chi connectivity index (χ0n) is 13.1. The normalized spacial score (nSPS) is 12.4. The van der Waals surface area contributed by atoms with Gasteiger partial charge in [-0.25, -0.2) is 0 Å². The molecule has 1 rings (SSSR count). The highest BCUT2D eigenvalue weighted by atomic mass is 32.2. The molecule has 4 nitrogen and oxygen atoms in total. The summed E-state index contributed by atoms with van der Waals surface area (Å²) in [4.78, 5) is 11.8. The SMILES string of the molecule is COCCS(=O)Cc1cccc(NC(=O)CCC(C)C)c1. The molecule has 1 atom stereocenters. The molecular formula is C16H25NO3S. The summed E-state index contributed by atoms with van der Waals surface area (Å²) in [6.45, 7) is 4.70. The molecule has 0 aliphatic rings. The molecule has 0 aromatic heterocycles. The average Bonchev–Trinajstić information content (AvgIpc) is 2.43. The van der Waals surface area contributed by atoms with E-state index in [0.29, 0.717) is 30.5 Å². The molecule has 0 saturated carbocycles. The van der Waals surface area contributed by atoms with Crippen molar-refractivity contribution in [1.82, 2.24) is 0 Å². The third-order valence-corrected chi connectivity index (χ3v) is 4.28. The minimum absolute atomic E-state index is 0.0290. The Morgan fingerprint density at radius 3 is 2.81 bits per heavy atom. The number of nitrogens with one attached hydrogen (secondary N) is 1. The van der Waals surface area contributed by atoms with Gasteiger partial charge in [-0.3, -0.25) is 9.00 Å². The molecular weight excluding hydrogens is 286 g/mol. The van der Waals surface area contributed by atoms with Crippen LogP contribution in [0.15, 0.2) is 24.3 Å². The smallest absolute Gasteiger partial charge is 0.224 e. The van der Waals surface area contributed by atoms with Gasteiger partial charge in [0, 0.05) is 41.5 Å². The topological polar surface area (TPSA) is 55.4 Å². The Morgan fingerprint density at radius 1 is 1.38 bits per heavy atom. The van der Waals surface area contributed by atoms with Gasteiger partial charge >= 0.3 is 0 Å². The lowest BCUT2D eigenvalue weighted by Crippen LogP contribution is -2.12. The van der Waals surface area contributed by atoms with E-state index in [1.54, 1.807) is 7.11 Å². The molecule has 1 unspecified atom stereocenters. The summed E-state index contributed by atoms with van der Waals surface area (Å²) in [5.74, 6) is 1.56. The standard InChI is InChI=1S/C16H25NO3S/c1-13(2)7-8-16(18)17-15-6-4-5-14(11-15)12-21(19)10-9-20-3/h4-6,11,13H,7-10,12H2,1-3H3,(H,17,18). The molecule has 1 aromatic carbocycles. The van der Waals surface area contributed by atoms with E-state index >= 15 is 0 Å². The zero-order chi connectivity index (χ0) is 15.7. The van der Waals surface area contributed by atoms with Crippen molar-refractivity contribution in [1.29, 1.82) is 0 Å². The summed E-state index contributed by atoms with van der Waals surface area (Å²) in [7, 11) is 0.663. The van der Waals surface area contributed by atoms with Crippen LogP contribution in [0.3, 0.4) is 0 Å². The minimum Gasteiger partial charge on any atom is -0.384 e. The second-order valence-electron chi connectivity index (χ2n) is 5.46. The first-order valence-corrected chi connectivity index (χ1v) is 8.72. The van der Waals surface area contributed by atoms with Crippen molar-refractivity contribution >= 4 is 22.4 Å². The highest BCUT2D eigenvalue weighted by Gasteiger charge is 2.06. The van der Waals surface area contributed by atoms with E-state index in [4.69, 9.17) is 4.74 Å². The number of anilines is 1. The van der Waals surface area contributed by atoms with Crippen LogP contribution in [0, 0.1) is 5.92 Å². The number of benzene rings is 1. The molecule has 5 heteroatoms. The Kier molecular flexibility index (Phi) is 8.23. The van der Waals surface area contributed by atoms with Gasteiger partial charge in [0.2, 0.25) is 5.91 Å². The quantitative estimate of drug-likeness (QED) is 0.763. The number of carbonyl (C=O) groups is 1. The van der Waals surface area contributed by atoms with Gasteiger partial charge in [-0.1, -0.05) is 26.0 Å². The van der Waals surface area contributed by atoms with E-state index < -0.39 is 10.8 Å². The van der Waals surface area contributed by atoms with E-state index in [-0.39, 0.29) is 5.91 Å². The Hall–Kier alpha value is -1.20. The molecule has 21 heavy (non-hydrogen) atoms. The summed E-state index contributed by atoms with van der Waals surface area (Å²) in [5.41, 5.74) is 1.73. The van der Waals surface area contributed by atoms with Gasteiger partial charge in [0.05, 0.1) is 6.61 Å². The Morgan fingerprint density at radius 2 is 2.14 bits per heavy atom. The van der Waals surface area contributed by atoms with E-state index in [1.807, 2.05) is 24.3 Å². The van der Waals surface area contributed by atoms with E-state index in [9.17, 15) is 9.00 Å². The van der Waals surface area contributed by atoms with Gasteiger partial charge < -0.3 is 10.1 Å². The highest BCUT2D eigenvalue weighted by molar-refractivity contribution is 7.84. The Labute approximate surface area is 129 Å². The maximum Gasteiger partial charge on any atom is 0.224 e. The van der Waals surface area contributed by atoms with Crippen molar-refractivity contribution in [3.8, 4) is 0 Å². The van der Waals surface area contributed by atoms with E-state index in [1.165, 1.54) is 0 Å². The van der Waals surface area contributed by atoms with Gasteiger partial charge in [-0.2, -0.15) is 0 Å². The molecule has 118 valence electrons. The summed E-state index contributed by atoms with van der Waals surface area (Å²) < 4.78 is 16.7. The van der Waals surface area contributed by atoms with Crippen LogP contribution in [0.1, 0.15) is 32.3 Å². The average molecular weight is 311 g/mol. The number of rotatable bonds is 9. The fraction of sp³-hybridized carbons (Fsp3) is 0.562. The predicted molar refractivity (Wildman–Crippen MR) is 87.7 cm³/mol. The lowest BCUT2D eigenvalue weighted by molar-refractivity contribution is -0.116. The van der Waals surface area contributed by atoms with Crippen LogP contribution in [0.4, 0.5) is 5.69 Å². The van der Waals surface area contributed by atoms with E-state index in [0.717, 1.165) is 17.7 Å². The first-order chi connectivity index (χ1) is 10.0. The fourth-order valence-electron chi connectivity index (χ4n) is 1.82. The molecule has 0 spiro atoms. The van der Waals surface area contributed by atoms with Crippen LogP contribution in [-0.2, 0) is 26.1 Å². The van der Waals surface area contributed by atoms with Gasteiger partial charge in [0.15, 0.2) is 0 Å². The van der Waals surface area contributed by atoms with Crippen molar-refractivity contribution in [2.24, 2.45) is 5.92 Å². The summed E-state index contributed by atoms with van der Waals surface area (Å²) in [5, 5.41) is 2.89.